The topological polar surface area (TPSA) is 58.3 Å². The summed E-state index contributed by atoms with van der Waals surface area (Å²) in [5.41, 5.74) is 1.06. The zero-order valence-electron chi connectivity index (χ0n) is 8.70. The molecule has 1 aliphatic carbocycles. The van der Waals surface area contributed by atoms with Gasteiger partial charge in [0, 0.05) is 12.5 Å². The summed E-state index contributed by atoms with van der Waals surface area (Å²) in [5, 5.41) is 13.3. The van der Waals surface area contributed by atoms with E-state index in [9.17, 15) is 5.11 Å². The molecule has 15 heavy (non-hydrogen) atoms. The first-order valence-electron chi connectivity index (χ1n) is 5.74. The van der Waals surface area contributed by atoms with Crippen molar-refractivity contribution in [2.24, 2.45) is 0 Å². The van der Waals surface area contributed by atoms with E-state index in [2.05, 4.69) is 10.3 Å². The molecule has 2 unspecified atom stereocenters. The van der Waals surface area contributed by atoms with Crippen molar-refractivity contribution in [1.82, 2.24) is 10.3 Å². The van der Waals surface area contributed by atoms with E-state index in [0.29, 0.717) is 5.89 Å². The number of aromatic nitrogens is 1. The highest BCUT2D eigenvalue weighted by molar-refractivity contribution is 5.16. The number of aliphatic hydroxyl groups is 1. The number of oxazole rings is 1. The number of aliphatic hydroxyl groups excluding tert-OH is 1. The molecular formula is C11H16N2O2. The minimum absolute atomic E-state index is 0.128. The summed E-state index contributed by atoms with van der Waals surface area (Å²) < 4.78 is 5.60. The van der Waals surface area contributed by atoms with Gasteiger partial charge < -0.3 is 14.8 Å². The van der Waals surface area contributed by atoms with Crippen LogP contribution in [0, 0.1) is 0 Å². The molecule has 1 fully saturated rings. The van der Waals surface area contributed by atoms with E-state index in [1.54, 1.807) is 0 Å². The average molecular weight is 208 g/mol. The lowest BCUT2D eigenvalue weighted by Crippen LogP contribution is -2.28. The second-order valence-corrected chi connectivity index (χ2v) is 4.42. The molecule has 4 heteroatoms. The lowest BCUT2D eigenvalue weighted by atomic mass is 10.1. The summed E-state index contributed by atoms with van der Waals surface area (Å²) in [4.78, 5) is 4.38. The van der Waals surface area contributed by atoms with Crippen molar-refractivity contribution in [3.63, 3.8) is 0 Å². The van der Waals surface area contributed by atoms with E-state index in [1.807, 2.05) is 0 Å². The first kappa shape index (κ1) is 9.36. The summed E-state index contributed by atoms with van der Waals surface area (Å²) in [6.45, 7) is 0.988. The predicted octanol–water partition coefficient (Wildman–Crippen LogP) is 0.949. The third-order valence-corrected chi connectivity index (χ3v) is 3.34. The molecule has 0 saturated carbocycles. The molecule has 0 radical (unpaired) electrons. The van der Waals surface area contributed by atoms with Crippen LogP contribution in [-0.2, 0) is 12.8 Å². The van der Waals surface area contributed by atoms with Gasteiger partial charge in [0.2, 0.25) is 5.89 Å². The molecular weight excluding hydrogens is 192 g/mol. The smallest absolute Gasteiger partial charge is 0.225 e. The van der Waals surface area contributed by atoms with Crippen LogP contribution >= 0.6 is 0 Å². The second kappa shape index (κ2) is 3.61. The molecule has 0 bridgehead atoms. The van der Waals surface area contributed by atoms with Gasteiger partial charge in [0.25, 0.3) is 0 Å². The van der Waals surface area contributed by atoms with E-state index >= 15 is 0 Å². The molecule has 3 rings (SSSR count). The number of hydrogen-bond acceptors (Lipinski definition) is 4. The lowest BCUT2D eigenvalue weighted by molar-refractivity contribution is 0.106. The highest BCUT2D eigenvalue weighted by atomic mass is 16.4. The SMILES string of the molecule is OC(c1nc2c(o1)CCC2)C1CCCN1. The highest BCUT2D eigenvalue weighted by Gasteiger charge is 2.29. The quantitative estimate of drug-likeness (QED) is 0.759. The number of hydrogen-bond donors (Lipinski definition) is 2. The van der Waals surface area contributed by atoms with Crippen LogP contribution < -0.4 is 5.32 Å². The van der Waals surface area contributed by atoms with Gasteiger partial charge >= 0.3 is 0 Å². The maximum Gasteiger partial charge on any atom is 0.225 e. The minimum atomic E-state index is -0.571. The van der Waals surface area contributed by atoms with Gasteiger partial charge in [0.1, 0.15) is 11.9 Å². The predicted molar refractivity (Wildman–Crippen MR) is 54.5 cm³/mol. The maximum absolute atomic E-state index is 10.1. The number of nitrogens with zero attached hydrogens (tertiary/aromatic N) is 1. The molecule has 0 aromatic carbocycles. The molecule has 2 N–H and O–H groups in total. The summed E-state index contributed by atoms with van der Waals surface area (Å²) in [5.74, 6) is 1.50. The van der Waals surface area contributed by atoms with Crippen LogP contribution in [0.3, 0.4) is 0 Å². The molecule has 1 saturated heterocycles. The van der Waals surface area contributed by atoms with Crippen LogP contribution in [0.25, 0.3) is 0 Å². The molecule has 82 valence electrons. The molecule has 4 nitrogen and oxygen atoms in total. The first-order chi connectivity index (χ1) is 7.34. The summed E-state index contributed by atoms with van der Waals surface area (Å²) in [6, 6.07) is 0.128. The van der Waals surface area contributed by atoms with E-state index in [1.165, 1.54) is 0 Å². The second-order valence-electron chi connectivity index (χ2n) is 4.42. The van der Waals surface area contributed by atoms with E-state index in [-0.39, 0.29) is 6.04 Å². The van der Waals surface area contributed by atoms with E-state index in [4.69, 9.17) is 4.42 Å². The van der Waals surface area contributed by atoms with Crippen molar-refractivity contribution in [1.29, 1.82) is 0 Å². The normalized spacial score (nSPS) is 26.9. The van der Waals surface area contributed by atoms with Gasteiger partial charge in [0.15, 0.2) is 0 Å². The third-order valence-electron chi connectivity index (χ3n) is 3.34. The highest BCUT2D eigenvalue weighted by Crippen LogP contribution is 2.28. The molecule has 1 aromatic rings. The van der Waals surface area contributed by atoms with Crippen molar-refractivity contribution in [3.8, 4) is 0 Å². The average Bonchev–Trinajstić information content (AvgIpc) is 2.92. The Hall–Kier alpha value is -0.870. The zero-order valence-corrected chi connectivity index (χ0v) is 8.70. The van der Waals surface area contributed by atoms with Gasteiger partial charge in [-0.05, 0) is 32.2 Å². The van der Waals surface area contributed by atoms with Crippen LogP contribution in [0.4, 0.5) is 0 Å². The van der Waals surface area contributed by atoms with Gasteiger partial charge in [-0.1, -0.05) is 0 Å². The largest absolute Gasteiger partial charge is 0.443 e. The Balaban J connectivity index is 1.79. The van der Waals surface area contributed by atoms with Crippen LogP contribution in [0.15, 0.2) is 4.42 Å². The van der Waals surface area contributed by atoms with Gasteiger partial charge in [-0.25, -0.2) is 4.98 Å². The Morgan fingerprint density at radius 1 is 1.40 bits per heavy atom. The Morgan fingerprint density at radius 2 is 2.33 bits per heavy atom. The monoisotopic (exact) mass is 208 g/mol. The number of nitrogens with one attached hydrogen (secondary N) is 1. The fourth-order valence-electron chi connectivity index (χ4n) is 2.49. The fourth-order valence-corrected chi connectivity index (χ4v) is 2.49. The Bertz CT molecular complexity index is 334. The maximum atomic E-state index is 10.1. The lowest BCUT2D eigenvalue weighted by Gasteiger charge is -2.14. The molecule has 2 aliphatic rings. The summed E-state index contributed by atoms with van der Waals surface area (Å²) in [6.07, 6.45) is 4.69. The van der Waals surface area contributed by atoms with Crippen molar-refractivity contribution >= 4 is 0 Å². The number of fused-ring (bicyclic) bond motifs is 1. The summed E-state index contributed by atoms with van der Waals surface area (Å²) >= 11 is 0. The van der Waals surface area contributed by atoms with Gasteiger partial charge in [-0.3, -0.25) is 0 Å². The molecule has 1 aliphatic heterocycles. The van der Waals surface area contributed by atoms with E-state index in [0.717, 1.165) is 50.1 Å². The van der Waals surface area contributed by atoms with Crippen LogP contribution in [-0.4, -0.2) is 22.7 Å². The fraction of sp³-hybridized carbons (Fsp3) is 0.727. The van der Waals surface area contributed by atoms with Crippen LogP contribution in [0.2, 0.25) is 0 Å². The number of rotatable bonds is 2. The standard InChI is InChI=1S/C11H16N2O2/c14-10(8-4-2-6-12-8)11-13-7-3-1-5-9(7)15-11/h8,10,12,14H,1-6H2. The van der Waals surface area contributed by atoms with Gasteiger partial charge in [-0.15, -0.1) is 0 Å². The van der Waals surface area contributed by atoms with E-state index < -0.39 is 6.10 Å². The van der Waals surface area contributed by atoms with Crippen molar-refractivity contribution in [2.75, 3.05) is 6.54 Å². The van der Waals surface area contributed by atoms with Crippen molar-refractivity contribution in [2.45, 2.75) is 44.2 Å². The summed E-state index contributed by atoms with van der Waals surface area (Å²) in [7, 11) is 0. The molecule has 2 heterocycles. The first-order valence-corrected chi connectivity index (χ1v) is 5.74. The molecule has 1 aromatic heterocycles. The Kier molecular flexibility index (Phi) is 2.25. The Labute approximate surface area is 88.7 Å². The number of aryl methyl sites for hydroxylation is 2. The molecule has 0 spiro atoms. The third kappa shape index (κ3) is 1.58. The zero-order chi connectivity index (χ0) is 10.3. The van der Waals surface area contributed by atoms with Crippen LogP contribution in [0.5, 0.6) is 0 Å². The molecule has 0 amide bonds. The van der Waals surface area contributed by atoms with Gasteiger partial charge in [0.05, 0.1) is 5.69 Å². The molecule has 2 atom stereocenters. The Morgan fingerprint density at radius 3 is 3.07 bits per heavy atom. The van der Waals surface area contributed by atoms with Crippen molar-refractivity contribution in [3.05, 3.63) is 17.3 Å². The van der Waals surface area contributed by atoms with Gasteiger partial charge in [-0.2, -0.15) is 0 Å². The van der Waals surface area contributed by atoms with Crippen molar-refractivity contribution < 1.29 is 9.52 Å². The van der Waals surface area contributed by atoms with Crippen LogP contribution in [0.1, 0.15) is 42.7 Å². The minimum Gasteiger partial charge on any atom is -0.443 e.